The van der Waals surface area contributed by atoms with Gasteiger partial charge in [0.2, 0.25) is 10.0 Å². The second-order valence-corrected chi connectivity index (χ2v) is 10.2. The first-order valence-corrected chi connectivity index (χ1v) is 12.1. The van der Waals surface area contributed by atoms with Crippen molar-refractivity contribution in [1.82, 2.24) is 10.0 Å². The van der Waals surface area contributed by atoms with Gasteiger partial charge < -0.3 is 15.2 Å². The van der Waals surface area contributed by atoms with Crippen molar-refractivity contribution in [1.29, 1.82) is 0 Å². The zero-order valence-electron chi connectivity index (χ0n) is 17.5. The lowest BCUT2D eigenvalue weighted by atomic mass is 10.0. The average Bonchev–Trinajstić information content (AvgIpc) is 3.14. The van der Waals surface area contributed by atoms with Gasteiger partial charge in [0.15, 0.2) is 0 Å². The van der Waals surface area contributed by atoms with Gasteiger partial charge in [0, 0.05) is 23.7 Å². The van der Waals surface area contributed by atoms with Crippen LogP contribution in [-0.2, 0) is 14.8 Å². The maximum absolute atomic E-state index is 12.4. The van der Waals surface area contributed by atoms with E-state index >= 15 is 0 Å². The third kappa shape index (κ3) is 10.5. The molecule has 1 aliphatic heterocycles. The van der Waals surface area contributed by atoms with Crippen molar-refractivity contribution in [3.8, 4) is 0 Å². The molecule has 0 saturated carbocycles. The predicted octanol–water partition coefficient (Wildman–Crippen LogP) is 2.85. The van der Waals surface area contributed by atoms with Crippen LogP contribution in [0, 0.1) is 5.92 Å². The van der Waals surface area contributed by atoms with Gasteiger partial charge in [-0.2, -0.15) is 0 Å². The van der Waals surface area contributed by atoms with Gasteiger partial charge in [0.1, 0.15) is 0 Å². The molecule has 0 aliphatic carbocycles. The van der Waals surface area contributed by atoms with Crippen molar-refractivity contribution in [2.24, 2.45) is 10.9 Å². The molecule has 1 unspecified atom stereocenters. The van der Waals surface area contributed by atoms with E-state index in [0.29, 0.717) is 24.0 Å². The summed E-state index contributed by atoms with van der Waals surface area (Å²) in [5, 5.41) is 12.4. The monoisotopic (exact) mass is 491 g/mol. The van der Waals surface area contributed by atoms with E-state index in [1.165, 1.54) is 6.08 Å². The van der Waals surface area contributed by atoms with Crippen molar-refractivity contribution >= 4 is 32.3 Å². The SMILES string of the molecule is C=C(/C=C(/Br)C/C=C(\CO)C(C)C)S(=O)(=O)NC(C)C/N=C\NC[C@@H]1CCCO1. The van der Waals surface area contributed by atoms with Gasteiger partial charge in [-0.25, -0.2) is 13.1 Å². The number of ether oxygens (including phenoxy) is 1. The van der Waals surface area contributed by atoms with Crippen LogP contribution >= 0.6 is 15.9 Å². The van der Waals surface area contributed by atoms with Crippen molar-refractivity contribution in [3.05, 3.63) is 33.7 Å². The Hall–Kier alpha value is -1.00. The fraction of sp³-hybridized carbons (Fsp3) is 0.650. The summed E-state index contributed by atoms with van der Waals surface area (Å²) < 4.78 is 33.6. The minimum absolute atomic E-state index is 0.0146. The molecular weight excluding hydrogens is 458 g/mol. The molecule has 0 bridgehead atoms. The molecule has 0 aromatic carbocycles. The van der Waals surface area contributed by atoms with Crippen molar-refractivity contribution < 1.29 is 18.3 Å². The molecule has 3 N–H and O–H groups in total. The number of halogens is 1. The molecule has 29 heavy (non-hydrogen) atoms. The lowest BCUT2D eigenvalue weighted by molar-refractivity contribution is 0.114. The lowest BCUT2D eigenvalue weighted by Gasteiger charge is -2.13. The Labute approximate surface area is 183 Å². The van der Waals surface area contributed by atoms with E-state index in [1.807, 2.05) is 19.9 Å². The molecule has 1 heterocycles. The molecule has 0 amide bonds. The fourth-order valence-electron chi connectivity index (χ4n) is 2.67. The van der Waals surface area contributed by atoms with Crippen molar-refractivity contribution in [3.63, 3.8) is 0 Å². The second kappa shape index (κ2) is 13.3. The third-order valence-electron chi connectivity index (χ3n) is 4.43. The van der Waals surface area contributed by atoms with Crippen molar-refractivity contribution in [2.75, 3.05) is 26.3 Å². The largest absolute Gasteiger partial charge is 0.392 e. The molecular formula is C20H34BrN3O4S. The number of aliphatic hydroxyl groups is 1. The molecule has 1 rings (SSSR count). The van der Waals surface area contributed by atoms with Crippen LogP contribution in [-0.4, -0.2) is 58.3 Å². The van der Waals surface area contributed by atoms with E-state index in [-0.39, 0.29) is 29.6 Å². The second-order valence-electron chi connectivity index (χ2n) is 7.41. The van der Waals surface area contributed by atoms with Gasteiger partial charge in [-0.3, -0.25) is 4.99 Å². The summed E-state index contributed by atoms with van der Waals surface area (Å²) in [5.41, 5.74) is 0.904. The topological polar surface area (TPSA) is 100 Å². The summed E-state index contributed by atoms with van der Waals surface area (Å²) in [4.78, 5) is 4.18. The van der Waals surface area contributed by atoms with Gasteiger partial charge >= 0.3 is 0 Å². The summed E-state index contributed by atoms with van der Waals surface area (Å²) in [7, 11) is -3.71. The van der Waals surface area contributed by atoms with E-state index in [2.05, 4.69) is 37.5 Å². The van der Waals surface area contributed by atoms with Crippen LogP contribution in [0.15, 0.2) is 38.7 Å². The highest BCUT2D eigenvalue weighted by atomic mass is 79.9. The van der Waals surface area contributed by atoms with Crippen LogP contribution in [0.3, 0.4) is 0 Å². The molecule has 1 aliphatic rings. The van der Waals surface area contributed by atoms with E-state index in [4.69, 9.17) is 4.74 Å². The fourth-order valence-corrected chi connectivity index (χ4v) is 4.31. The van der Waals surface area contributed by atoms with E-state index in [1.54, 1.807) is 13.3 Å². The van der Waals surface area contributed by atoms with Crippen LogP contribution in [0.2, 0.25) is 0 Å². The van der Waals surface area contributed by atoms with Crippen LogP contribution in [0.4, 0.5) is 0 Å². The number of aliphatic imine (C=N–C) groups is 1. The number of sulfonamides is 1. The highest BCUT2D eigenvalue weighted by molar-refractivity contribution is 9.11. The first-order valence-electron chi connectivity index (χ1n) is 9.86. The van der Waals surface area contributed by atoms with Crippen molar-refractivity contribution in [2.45, 2.75) is 52.2 Å². The number of rotatable bonds is 13. The minimum atomic E-state index is -3.71. The van der Waals surface area contributed by atoms with Gasteiger partial charge in [0.25, 0.3) is 0 Å². The van der Waals surface area contributed by atoms with E-state index in [0.717, 1.165) is 25.0 Å². The van der Waals surface area contributed by atoms with Gasteiger partial charge in [0.05, 0.1) is 30.5 Å². The molecule has 0 aromatic rings. The Morgan fingerprint density at radius 1 is 1.41 bits per heavy atom. The van der Waals surface area contributed by atoms with Crippen LogP contribution in [0.1, 0.15) is 40.0 Å². The molecule has 9 heteroatoms. The normalized spacial score (nSPS) is 19.9. The zero-order valence-corrected chi connectivity index (χ0v) is 19.9. The molecule has 0 aromatic heterocycles. The Balaban J connectivity index is 2.47. The Bertz CT molecular complexity index is 711. The molecule has 1 fully saturated rings. The number of nitrogens with one attached hydrogen (secondary N) is 2. The number of aliphatic hydroxyl groups excluding tert-OH is 1. The third-order valence-corrected chi connectivity index (χ3v) is 6.51. The highest BCUT2D eigenvalue weighted by Gasteiger charge is 2.17. The van der Waals surface area contributed by atoms with E-state index in [9.17, 15) is 13.5 Å². The van der Waals surface area contributed by atoms with Crippen LogP contribution in [0.25, 0.3) is 0 Å². The molecule has 166 valence electrons. The first kappa shape index (κ1) is 26.0. The quantitative estimate of drug-likeness (QED) is 0.159. The minimum Gasteiger partial charge on any atom is -0.392 e. The van der Waals surface area contributed by atoms with Crippen LogP contribution < -0.4 is 10.0 Å². The summed E-state index contributed by atoms with van der Waals surface area (Å²) in [6.45, 7) is 11.2. The summed E-state index contributed by atoms with van der Waals surface area (Å²) in [6, 6.07) is -0.369. The Morgan fingerprint density at radius 3 is 2.72 bits per heavy atom. The zero-order chi connectivity index (χ0) is 21.9. The molecule has 2 atom stereocenters. The van der Waals surface area contributed by atoms with Gasteiger partial charge in [-0.1, -0.05) is 42.4 Å². The molecule has 0 radical (unpaired) electrons. The number of hydrogen-bond acceptors (Lipinski definition) is 5. The number of allylic oxidation sites excluding steroid dienone is 3. The van der Waals surface area contributed by atoms with Gasteiger partial charge in [-0.05, 0) is 43.8 Å². The smallest absolute Gasteiger partial charge is 0.240 e. The summed E-state index contributed by atoms with van der Waals surface area (Å²) in [5.74, 6) is 0.232. The Morgan fingerprint density at radius 2 is 2.14 bits per heavy atom. The van der Waals surface area contributed by atoms with Crippen LogP contribution in [0.5, 0.6) is 0 Å². The summed E-state index contributed by atoms with van der Waals surface area (Å²) >= 11 is 3.37. The average molecular weight is 492 g/mol. The molecule has 0 spiro atoms. The maximum Gasteiger partial charge on any atom is 0.240 e. The predicted molar refractivity (Wildman–Crippen MR) is 123 cm³/mol. The molecule has 7 nitrogen and oxygen atoms in total. The van der Waals surface area contributed by atoms with E-state index < -0.39 is 10.0 Å². The standard InChI is InChI=1S/C20H34BrN3O4S/c1-15(2)18(13-25)7-8-19(21)10-17(4)29(26,27)24-16(3)11-22-14-23-12-20-6-5-9-28-20/h7,10,14-16,20,24-25H,4-6,8-9,11-13H2,1-3H3,(H,22,23)/b18-7+,19-10+/t16?,20-/m0/s1. The number of nitrogens with zero attached hydrogens (tertiary/aromatic N) is 1. The number of hydrogen-bond donors (Lipinski definition) is 3. The molecule has 1 saturated heterocycles. The first-order chi connectivity index (χ1) is 13.7. The lowest BCUT2D eigenvalue weighted by Crippen LogP contribution is -2.35. The summed E-state index contributed by atoms with van der Waals surface area (Å²) in [6.07, 6.45) is 7.82. The Kier molecular flexibility index (Phi) is 12.0. The highest BCUT2D eigenvalue weighted by Crippen LogP contribution is 2.19. The maximum atomic E-state index is 12.4. The van der Waals surface area contributed by atoms with Gasteiger partial charge in [-0.15, -0.1) is 0 Å².